The molecule has 4 aromatic carbocycles. The molecule has 1 saturated heterocycles. The van der Waals surface area contributed by atoms with Crippen molar-refractivity contribution in [1.82, 2.24) is 15.5 Å². The molecule has 2 amide bonds. The standard InChI is InChI=1S/C39H41N5O5S2/c1-25-43-44-39(51-25)50-24-32-21-35(29-14-12-26(23-45)13-15-29)49-38(48-32)30-18-16-28(17-19-30)31-7-4-6-27(20-31)22-41-36(46)10-5-11-37(47)42-34-9-3-2-8-33(34)40/h2-4,6-9,12-20,32,35,38,45H,5,10-11,21-24,40H2,1H3,(H,41,46)(H,42,47)/t32-,35+,38+/m0/s1. The van der Waals surface area contributed by atoms with Crippen molar-refractivity contribution in [3.8, 4) is 11.1 Å². The third-order valence-corrected chi connectivity index (χ3v) is 10.6. The predicted octanol–water partition coefficient (Wildman–Crippen LogP) is 7.35. The lowest BCUT2D eigenvalue weighted by Gasteiger charge is -2.36. The number of ether oxygens (including phenoxy) is 2. The summed E-state index contributed by atoms with van der Waals surface area (Å²) in [6.07, 6.45) is 0.812. The first kappa shape index (κ1) is 36.2. The minimum atomic E-state index is -0.554. The van der Waals surface area contributed by atoms with E-state index in [1.165, 1.54) is 0 Å². The Morgan fingerprint density at radius 2 is 1.65 bits per heavy atom. The van der Waals surface area contributed by atoms with Gasteiger partial charge in [0.25, 0.3) is 0 Å². The van der Waals surface area contributed by atoms with Crippen LogP contribution < -0.4 is 16.4 Å². The van der Waals surface area contributed by atoms with Crippen LogP contribution in [0.3, 0.4) is 0 Å². The summed E-state index contributed by atoms with van der Waals surface area (Å²) in [7, 11) is 0. The van der Waals surface area contributed by atoms with Crippen LogP contribution in [0.1, 0.15) is 65.3 Å². The number of carbonyl (C=O) groups is 2. The summed E-state index contributed by atoms with van der Waals surface area (Å²) >= 11 is 3.22. The summed E-state index contributed by atoms with van der Waals surface area (Å²) < 4.78 is 13.9. The van der Waals surface area contributed by atoms with E-state index >= 15 is 0 Å². The van der Waals surface area contributed by atoms with Gasteiger partial charge in [0.15, 0.2) is 10.6 Å². The van der Waals surface area contributed by atoms with Crippen molar-refractivity contribution in [2.75, 3.05) is 16.8 Å². The summed E-state index contributed by atoms with van der Waals surface area (Å²) in [6.45, 7) is 2.33. The first-order valence-electron chi connectivity index (χ1n) is 16.9. The van der Waals surface area contributed by atoms with E-state index in [0.717, 1.165) is 48.5 Å². The van der Waals surface area contributed by atoms with Crippen LogP contribution in [0.5, 0.6) is 0 Å². The fourth-order valence-corrected chi connectivity index (χ4v) is 7.60. The van der Waals surface area contributed by atoms with Gasteiger partial charge in [-0.05, 0) is 59.4 Å². The number of nitrogens with one attached hydrogen (secondary N) is 2. The number of nitrogens with zero attached hydrogens (tertiary/aromatic N) is 2. The predicted molar refractivity (Wildman–Crippen MR) is 201 cm³/mol. The van der Waals surface area contributed by atoms with Gasteiger partial charge in [0, 0.05) is 37.1 Å². The minimum Gasteiger partial charge on any atom is -0.397 e. The lowest BCUT2D eigenvalue weighted by Crippen LogP contribution is -2.31. The molecule has 0 saturated carbocycles. The van der Waals surface area contributed by atoms with Crippen molar-refractivity contribution in [1.29, 1.82) is 0 Å². The molecule has 51 heavy (non-hydrogen) atoms. The molecule has 2 heterocycles. The van der Waals surface area contributed by atoms with E-state index in [0.29, 0.717) is 30.8 Å². The van der Waals surface area contributed by atoms with E-state index in [4.69, 9.17) is 15.2 Å². The van der Waals surface area contributed by atoms with Crippen molar-refractivity contribution in [3.05, 3.63) is 124 Å². The van der Waals surface area contributed by atoms with Crippen molar-refractivity contribution < 1.29 is 24.2 Å². The van der Waals surface area contributed by atoms with Gasteiger partial charge >= 0.3 is 0 Å². The molecule has 10 nitrogen and oxygen atoms in total. The van der Waals surface area contributed by atoms with Gasteiger partial charge < -0.3 is 30.9 Å². The van der Waals surface area contributed by atoms with Gasteiger partial charge in [0.1, 0.15) is 5.01 Å². The van der Waals surface area contributed by atoms with Gasteiger partial charge in [-0.1, -0.05) is 102 Å². The molecule has 5 N–H and O–H groups in total. The Kier molecular flexibility index (Phi) is 12.5. The fraction of sp³-hybridized carbons (Fsp3) is 0.282. The summed E-state index contributed by atoms with van der Waals surface area (Å²) in [6, 6.07) is 31.2. The van der Waals surface area contributed by atoms with Crippen molar-refractivity contribution in [3.63, 3.8) is 0 Å². The number of hydrogen-bond acceptors (Lipinski definition) is 10. The number of carbonyl (C=O) groups excluding carboxylic acids is 2. The van der Waals surface area contributed by atoms with Gasteiger partial charge in [-0.25, -0.2) is 0 Å². The topological polar surface area (TPSA) is 149 Å². The number of benzene rings is 4. The second-order valence-electron chi connectivity index (χ2n) is 12.3. The molecular formula is C39H41N5O5S2. The zero-order valence-corrected chi connectivity index (χ0v) is 29.9. The highest BCUT2D eigenvalue weighted by Crippen LogP contribution is 2.40. The Bertz CT molecular complexity index is 1920. The summed E-state index contributed by atoms with van der Waals surface area (Å²) in [5, 5.41) is 24.6. The number of aliphatic hydroxyl groups is 1. The summed E-state index contributed by atoms with van der Waals surface area (Å²) in [5.74, 6) is 0.440. The Labute approximate surface area is 305 Å². The van der Waals surface area contributed by atoms with Crippen molar-refractivity contribution in [2.24, 2.45) is 0 Å². The number of amides is 2. The van der Waals surface area contributed by atoms with Crippen LogP contribution in [0.4, 0.5) is 11.4 Å². The molecule has 1 aliphatic heterocycles. The number of anilines is 2. The average Bonchev–Trinajstić information content (AvgIpc) is 3.59. The molecule has 12 heteroatoms. The van der Waals surface area contributed by atoms with E-state index in [1.54, 1.807) is 41.3 Å². The molecule has 0 unspecified atom stereocenters. The molecule has 6 rings (SSSR count). The second-order valence-corrected chi connectivity index (χ2v) is 14.8. The summed E-state index contributed by atoms with van der Waals surface area (Å²) in [5.41, 5.74) is 12.8. The molecule has 1 aromatic heterocycles. The van der Waals surface area contributed by atoms with Crippen LogP contribution in [0.25, 0.3) is 11.1 Å². The van der Waals surface area contributed by atoms with E-state index in [2.05, 4.69) is 39.0 Å². The summed E-state index contributed by atoms with van der Waals surface area (Å²) in [4.78, 5) is 24.8. The molecule has 1 aliphatic rings. The molecule has 0 radical (unpaired) electrons. The molecular weight excluding hydrogens is 683 g/mol. The molecule has 5 aromatic rings. The normalized spacial score (nSPS) is 17.2. The van der Waals surface area contributed by atoms with Gasteiger partial charge in [0.2, 0.25) is 11.8 Å². The number of thioether (sulfide) groups is 1. The maximum atomic E-state index is 12.5. The molecule has 3 atom stereocenters. The Morgan fingerprint density at radius 3 is 2.39 bits per heavy atom. The Hall–Kier alpha value is -4.59. The number of rotatable bonds is 14. The van der Waals surface area contributed by atoms with Crippen LogP contribution >= 0.6 is 23.1 Å². The van der Waals surface area contributed by atoms with Gasteiger partial charge in [-0.2, -0.15) is 0 Å². The van der Waals surface area contributed by atoms with E-state index in [9.17, 15) is 14.7 Å². The fourth-order valence-electron chi connectivity index (χ4n) is 5.74. The number of hydrogen-bond donors (Lipinski definition) is 4. The number of aromatic nitrogens is 2. The van der Waals surface area contributed by atoms with E-state index < -0.39 is 6.29 Å². The third kappa shape index (κ3) is 10.2. The zero-order chi connectivity index (χ0) is 35.6. The first-order valence-corrected chi connectivity index (χ1v) is 18.7. The second kappa shape index (κ2) is 17.6. The maximum absolute atomic E-state index is 12.5. The van der Waals surface area contributed by atoms with Gasteiger partial charge in [-0.3, -0.25) is 9.59 Å². The number of aliphatic hydroxyl groups excluding tert-OH is 1. The third-order valence-electron chi connectivity index (χ3n) is 8.49. The smallest absolute Gasteiger partial charge is 0.224 e. The number of nitrogens with two attached hydrogens (primary N) is 1. The average molecular weight is 724 g/mol. The van der Waals surface area contributed by atoms with Crippen LogP contribution in [-0.4, -0.2) is 39.0 Å². The largest absolute Gasteiger partial charge is 0.397 e. The minimum absolute atomic E-state index is 0.00401. The highest BCUT2D eigenvalue weighted by molar-refractivity contribution is 8.01. The quantitative estimate of drug-likeness (QED) is 0.0682. The molecule has 0 spiro atoms. The first-order chi connectivity index (χ1) is 24.8. The monoisotopic (exact) mass is 723 g/mol. The molecule has 1 fully saturated rings. The number of para-hydroxylation sites is 2. The van der Waals surface area contributed by atoms with Crippen molar-refractivity contribution in [2.45, 2.75) is 68.6 Å². The van der Waals surface area contributed by atoms with Crippen LogP contribution in [0.2, 0.25) is 0 Å². The van der Waals surface area contributed by atoms with E-state index in [1.807, 2.05) is 67.6 Å². The zero-order valence-electron chi connectivity index (χ0n) is 28.3. The highest BCUT2D eigenvalue weighted by Gasteiger charge is 2.32. The molecule has 0 bridgehead atoms. The van der Waals surface area contributed by atoms with Crippen LogP contribution in [-0.2, 0) is 32.2 Å². The lowest BCUT2D eigenvalue weighted by atomic mass is 9.99. The van der Waals surface area contributed by atoms with Crippen LogP contribution in [0, 0.1) is 6.92 Å². The molecule has 264 valence electrons. The van der Waals surface area contributed by atoms with Gasteiger partial charge in [-0.15, -0.1) is 10.2 Å². The maximum Gasteiger partial charge on any atom is 0.224 e. The van der Waals surface area contributed by atoms with Gasteiger partial charge in [0.05, 0.1) is 30.2 Å². The Balaban J connectivity index is 1.04. The molecule has 0 aliphatic carbocycles. The van der Waals surface area contributed by atoms with E-state index in [-0.39, 0.29) is 43.5 Å². The SMILES string of the molecule is Cc1nnc(SC[C@@H]2C[C@H](c3ccc(CO)cc3)O[C@H](c3ccc(-c4cccc(CNC(=O)CCCC(=O)Nc5ccccc5N)c4)cc3)O2)s1. The Morgan fingerprint density at radius 1 is 0.882 bits per heavy atom. The highest BCUT2D eigenvalue weighted by atomic mass is 32.2. The number of aryl methyl sites for hydroxylation is 1. The lowest BCUT2D eigenvalue weighted by molar-refractivity contribution is -0.245. The van der Waals surface area contributed by atoms with Crippen LogP contribution in [0.15, 0.2) is 101 Å². The number of nitrogen functional groups attached to an aromatic ring is 1. The van der Waals surface area contributed by atoms with Crippen molar-refractivity contribution >= 4 is 46.3 Å².